The third-order valence-electron chi connectivity index (χ3n) is 3.85. The molecule has 1 saturated heterocycles. The topological polar surface area (TPSA) is 33.2 Å². The first kappa shape index (κ1) is 15.1. The van der Waals surface area contributed by atoms with E-state index in [4.69, 9.17) is 0 Å². The molecule has 22 heavy (non-hydrogen) atoms. The lowest BCUT2D eigenvalue weighted by atomic mass is 9.98. The number of nitrogens with zero attached hydrogens (tertiary/aromatic N) is 2. The predicted molar refractivity (Wildman–Crippen MR) is 80.9 cm³/mol. The summed E-state index contributed by atoms with van der Waals surface area (Å²) in [6, 6.07) is 3.60. The molecular formula is C16H16F2N2OS. The van der Waals surface area contributed by atoms with Gasteiger partial charge in [-0.2, -0.15) is 0 Å². The van der Waals surface area contributed by atoms with Crippen molar-refractivity contribution in [3.05, 3.63) is 51.5 Å². The number of carbonyl (C=O) groups is 1. The monoisotopic (exact) mass is 322 g/mol. The third kappa shape index (κ3) is 3.32. The largest absolute Gasteiger partial charge is 0.338 e. The summed E-state index contributed by atoms with van der Waals surface area (Å²) in [6.07, 6.45) is 3.04. The molecule has 1 aromatic carbocycles. The minimum Gasteiger partial charge on any atom is -0.338 e. The Morgan fingerprint density at radius 1 is 1.36 bits per heavy atom. The summed E-state index contributed by atoms with van der Waals surface area (Å²) in [5.41, 5.74) is 0.644. The van der Waals surface area contributed by atoms with Crippen LogP contribution in [0.4, 0.5) is 8.78 Å². The second kappa shape index (κ2) is 6.12. The van der Waals surface area contributed by atoms with Crippen molar-refractivity contribution in [1.82, 2.24) is 9.88 Å². The molecule has 1 aliphatic heterocycles. The van der Waals surface area contributed by atoms with Crippen molar-refractivity contribution in [2.24, 2.45) is 5.92 Å². The van der Waals surface area contributed by atoms with E-state index in [9.17, 15) is 13.6 Å². The van der Waals surface area contributed by atoms with Crippen LogP contribution < -0.4 is 0 Å². The van der Waals surface area contributed by atoms with Gasteiger partial charge in [0.2, 0.25) is 0 Å². The smallest absolute Gasteiger partial charge is 0.265 e. The van der Waals surface area contributed by atoms with Crippen LogP contribution in [0.3, 0.4) is 0 Å². The van der Waals surface area contributed by atoms with E-state index in [0.717, 1.165) is 17.5 Å². The second-order valence-electron chi connectivity index (χ2n) is 5.63. The van der Waals surface area contributed by atoms with Crippen molar-refractivity contribution in [3.8, 4) is 0 Å². The number of thiazole rings is 1. The molecule has 1 atom stereocenters. The average Bonchev–Trinajstić information content (AvgIpc) is 3.06. The van der Waals surface area contributed by atoms with E-state index in [2.05, 4.69) is 4.98 Å². The van der Waals surface area contributed by atoms with Crippen LogP contribution in [-0.2, 0) is 6.42 Å². The summed E-state index contributed by atoms with van der Waals surface area (Å²) in [7, 11) is 0. The minimum absolute atomic E-state index is 0.00137. The van der Waals surface area contributed by atoms with Gasteiger partial charge in [-0.15, -0.1) is 11.3 Å². The molecule has 3 rings (SSSR count). The van der Waals surface area contributed by atoms with Gasteiger partial charge in [0, 0.05) is 19.2 Å². The minimum atomic E-state index is -0.555. The molecule has 3 nitrogen and oxygen atoms in total. The fourth-order valence-corrected chi connectivity index (χ4v) is 3.61. The van der Waals surface area contributed by atoms with Crippen molar-refractivity contribution in [3.63, 3.8) is 0 Å². The van der Waals surface area contributed by atoms with Crippen molar-refractivity contribution in [2.45, 2.75) is 19.8 Å². The summed E-state index contributed by atoms with van der Waals surface area (Å²) >= 11 is 1.39. The third-order valence-corrected chi connectivity index (χ3v) is 4.75. The molecule has 1 unspecified atom stereocenters. The normalized spacial score (nSPS) is 18.0. The maximum absolute atomic E-state index is 13.2. The van der Waals surface area contributed by atoms with E-state index in [1.165, 1.54) is 23.5 Å². The van der Waals surface area contributed by atoms with Crippen LogP contribution in [-0.4, -0.2) is 28.9 Å². The number of aryl methyl sites for hydroxylation is 1. The number of rotatable bonds is 3. The highest BCUT2D eigenvalue weighted by Gasteiger charge is 2.28. The number of hydrogen-bond donors (Lipinski definition) is 0. The fraction of sp³-hybridized carbons (Fsp3) is 0.375. The van der Waals surface area contributed by atoms with Gasteiger partial charge in [0.05, 0.1) is 11.2 Å². The van der Waals surface area contributed by atoms with Crippen molar-refractivity contribution in [1.29, 1.82) is 0 Å². The first-order valence-electron chi connectivity index (χ1n) is 7.18. The summed E-state index contributed by atoms with van der Waals surface area (Å²) < 4.78 is 26.4. The van der Waals surface area contributed by atoms with Crippen LogP contribution in [0.25, 0.3) is 0 Å². The fourth-order valence-electron chi connectivity index (χ4n) is 2.86. The molecule has 0 radical (unpaired) electrons. The van der Waals surface area contributed by atoms with Gasteiger partial charge >= 0.3 is 0 Å². The van der Waals surface area contributed by atoms with Gasteiger partial charge in [-0.3, -0.25) is 4.79 Å². The van der Waals surface area contributed by atoms with Crippen molar-refractivity contribution < 1.29 is 13.6 Å². The Labute approximate surface area is 131 Å². The van der Waals surface area contributed by atoms with Gasteiger partial charge in [-0.1, -0.05) is 0 Å². The molecule has 0 bridgehead atoms. The molecule has 116 valence electrons. The van der Waals surface area contributed by atoms with E-state index < -0.39 is 11.6 Å². The lowest BCUT2D eigenvalue weighted by molar-refractivity contribution is 0.0791. The molecule has 0 spiro atoms. The highest BCUT2D eigenvalue weighted by molar-refractivity contribution is 7.13. The van der Waals surface area contributed by atoms with Crippen molar-refractivity contribution in [2.75, 3.05) is 13.1 Å². The molecule has 1 fully saturated rings. The summed E-state index contributed by atoms with van der Waals surface area (Å²) in [4.78, 5) is 18.9. The molecule has 2 heterocycles. The predicted octanol–water partition coefficient (Wildman–Crippen LogP) is 3.43. The number of likely N-dealkylation sites (tertiary alicyclic amines) is 1. The maximum atomic E-state index is 13.2. The second-order valence-corrected chi connectivity index (χ2v) is 6.87. The molecule has 2 aromatic rings. The zero-order valence-electron chi connectivity index (χ0n) is 12.2. The van der Waals surface area contributed by atoms with Gasteiger partial charge in [-0.25, -0.2) is 13.8 Å². The summed E-state index contributed by atoms with van der Waals surface area (Å²) in [5.74, 6) is -0.875. The molecule has 0 saturated carbocycles. The van der Waals surface area contributed by atoms with Crippen molar-refractivity contribution >= 4 is 17.2 Å². The first-order chi connectivity index (χ1) is 10.5. The highest BCUT2D eigenvalue weighted by Crippen LogP contribution is 2.24. The maximum Gasteiger partial charge on any atom is 0.265 e. The van der Waals surface area contributed by atoms with Gasteiger partial charge in [0.15, 0.2) is 0 Å². The van der Waals surface area contributed by atoms with Gasteiger partial charge in [0.25, 0.3) is 5.91 Å². The Balaban J connectivity index is 1.63. The number of aromatic nitrogens is 1. The molecular weight excluding hydrogens is 306 g/mol. The number of carbonyl (C=O) groups excluding carboxylic acids is 1. The lowest BCUT2D eigenvalue weighted by Gasteiger charge is -2.15. The first-order valence-corrected chi connectivity index (χ1v) is 7.99. The Morgan fingerprint density at radius 3 is 2.73 bits per heavy atom. The standard InChI is InChI=1S/C16H16F2N2OS/c1-10-19-8-15(22-10)16(21)20-3-2-11(9-20)4-12-5-13(17)7-14(18)6-12/h5-8,11H,2-4,9H2,1H3. The zero-order chi connectivity index (χ0) is 15.7. The SMILES string of the molecule is Cc1ncc(C(=O)N2CCC(Cc3cc(F)cc(F)c3)C2)s1. The van der Waals surface area contributed by atoms with Gasteiger partial charge < -0.3 is 4.90 Å². The lowest BCUT2D eigenvalue weighted by Crippen LogP contribution is -2.28. The van der Waals surface area contributed by atoms with E-state index >= 15 is 0 Å². The Morgan fingerprint density at radius 2 is 2.09 bits per heavy atom. The highest BCUT2D eigenvalue weighted by atomic mass is 32.1. The molecule has 0 aliphatic carbocycles. The molecule has 1 aliphatic rings. The van der Waals surface area contributed by atoms with Crippen LogP contribution in [0.15, 0.2) is 24.4 Å². The number of hydrogen-bond acceptors (Lipinski definition) is 3. The van der Waals surface area contributed by atoms with E-state index in [1.807, 2.05) is 6.92 Å². The molecule has 1 aromatic heterocycles. The number of halogens is 2. The Kier molecular flexibility index (Phi) is 4.20. The Bertz CT molecular complexity index is 681. The number of benzene rings is 1. The van der Waals surface area contributed by atoms with Gasteiger partial charge in [-0.05, 0) is 43.4 Å². The van der Waals surface area contributed by atoms with E-state index in [-0.39, 0.29) is 11.8 Å². The van der Waals surface area contributed by atoms with Crippen LogP contribution in [0.5, 0.6) is 0 Å². The molecule has 0 N–H and O–H groups in total. The number of amides is 1. The summed E-state index contributed by atoms with van der Waals surface area (Å²) in [6.45, 7) is 3.17. The van der Waals surface area contributed by atoms with Crippen LogP contribution in [0.1, 0.15) is 26.7 Å². The van der Waals surface area contributed by atoms with Crippen LogP contribution >= 0.6 is 11.3 Å². The van der Waals surface area contributed by atoms with Crippen LogP contribution in [0, 0.1) is 24.5 Å². The van der Waals surface area contributed by atoms with Gasteiger partial charge in [0.1, 0.15) is 16.5 Å². The Hall–Kier alpha value is -1.82. The van der Waals surface area contributed by atoms with Crippen LogP contribution in [0.2, 0.25) is 0 Å². The average molecular weight is 322 g/mol. The quantitative estimate of drug-likeness (QED) is 0.867. The molecule has 1 amide bonds. The summed E-state index contributed by atoms with van der Waals surface area (Å²) in [5, 5.41) is 0.870. The van der Waals surface area contributed by atoms with E-state index in [0.29, 0.717) is 30.0 Å². The van der Waals surface area contributed by atoms with E-state index in [1.54, 1.807) is 11.1 Å². The molecule has 6 heteroatoms. The zero-order valence-corrected chi connectivity index (χ0v) is 13.0.